The number of rotatable bonds is 6. The number of fused-ring (bicyclic) bond motifs is 5. The Morgan fingerprint density at radius 3 is 1.87 bits per heavy atom. The second-order valence-electron chi connectivity index (χ2n) is 12.0. The zero-order valence-corrected chi connectivity index (χ0v) is 23.3. The van der Waals surface area contributed by atoms with Crippen molar-refractivity contribution in [3.05, 3.63) is 71.8 Å². The first-order chi connectivity index (χ1) is 18.7. The fourth-order valence-electron chi connectivity index (χ4n) is 6.82. The summed E-state index contributed by atoms with van der Waals surface area (Å²) < 4.78 is 0. The van der Waals surface area contributed by atoms with Gasteiger partial charge in [-0.1, -0.05) is 67.6 Å². The lowest BCUT2D eigenvalue weighted by Gasteiger charge is -2.51. The van der Waals surface area contributed by atoms with Gasteiger partial charge in [0.05, 0.1) is 5.54 Å². The van der Waals surface area contributed by atoms with Crippen molar-refractivity contribution >= 4 is 0 Å². The predicted molar refractivity (Wildman–Crippen MR) is 157 cm³/mol. The number of benzene rings is 2. The first-order valence-corrected chi connectivity index (χ1v) is 14.8. The van der Waals surface area contributed by atoms with Crippen molar-refractivity contribution < 1.29 is 0 Å². The van der Waals surface area contributed by atoms with Crippen LogP contribution in [-0.2, 0) is 13.1 Å². The molecule has 3 fully saturated rings. The summed E-state index contributed by atoms with van der Waals surface area (Å²) in [6.07, 6.45) is 2.41. The molecular formula is C31H49N7. The van der Waals surface area contributed by atoms with E-state index in [1.807, 2.05) is 0 Å². The Balaban J connectivity index is 1.32. The van der Waals surface area contributed by atoms with Crippen molar-refractivity contribution in [2.45, 2.75) is 50.0 Å². The normalized spacial score (nSPS) is 33.1. The van der Waals surface area contributed by atoms with Crippen LogP contribution in [0.3, 0.4) is 0 Å². The van der Waals surface area contributed by atoms with Gasteiger partial charge in [-0.05, 0) is 36.4 Å². The lowest BCUT2D eigenvalue weighted by molar-refractivity contribution is 0.0259. The Morgan fingerprint density at radius 2 is 1.24 bits per heavy atom. The summed E-state index contributed by atoms with van der Waals surface area (Å²) in [7, 11) is 0. The largest absolute Gasteiger partial charge is 0.315 e. The fourth-order valence-corrected chi connectivity index (χ4v) is 6.82. The summed E-state index contributed by atoms with van der Waals surface area (Å²) in [6, 6.07) is 22.3. The van der Waals surface area contributed by atoms with E-state index in [2.05, 4.69) is 104 Å². The topological polar surface area (TPSA) is 75.4 Å². The monoisotopic (exact) mass is 519 g/mol. The van der Waals surface area contributed by atoms with Crippen molar-refractivity contribution in [1.29, 1.82) is 0 Å². The minimum Gasteiger partial charge on any atom is -0.315 e. The smallest absolute Gasteiger partial charge is 0.0561 e. The van der Waals surface area contributed by atoms with E-state index >= 15 is 0 Å². The van der Waals surface area contributed by atoms with Gasteiger partial charge >= 0.3 is 0 Å². The molecule has 0 spiro atoms. The van der Waals surface area contributed by atoms with E-state index in [1.165, 1.54) is 24.0 Å². The lowest BCUT2D eigenvalue weighted by atomic mass is 9.77. The third-order valence-corrected chi connectivity index (χ3v) is 8.89. The first kappa shape index (κ1) is 27.7. The maximum Gasteiger partial charge on any atom is 0.0561 e. The van der Waals surface area contributed by atoms with Crippen LogP contribution in [0.25, 0.3) is 0 Å². The zero-order valence-electron chi connectivity index (χ0n) is 23.3. The maximum absolute atomic E-state index is 4.05. The molecule has 7 nitrogen and oxygen atoms in total. The van der Waals surface area contributed by atoms with E-state index in [0.717, 1.165) is 78.5 Å². The van der Waals surface area contributed by atoms with E-state index < -0.39 is 0 Å². The summed E-state index contributed by atoms with van der Waals surface area (Å²) in [6.45, 7) is 14.3. The van der Waals surface area contributed by atoms with Crippen LogP contribution in [0, 0.1) is 5.92 Å². The van der Waals surface area contributed by atoms with Gasteiger partial charge < -0.3 is 31.9 Å². The average Bonchev–Trinajstić information content (AvgIpc) is 2.99. The molecule has 3 aliphatic heterocycles. The first-order valence-electron chi connectivity index (χ1n) is 14.8. The van der Waals surface area contributed by atoms with Crippen LogP contribution in [0.2, 0.25) is 0 Å². The highest BCUT2D eigenvalue weighted by atomic mass is 15.2. The molecule has 7 heteroatoms. The molecule has 3 saturated heterocycles. The molecule has 0 aliphatic carbocycles. The molecule has 0 aromatic heterocycles. The molecule has 0 radical (unpaired) electrons. The van der Waals surface area contributed by atoms with Crippen molar-refractivity contribution in [3.8, 4) is 0 Å². The Bertz CT molecular complexity index is 957. The quantitative estimate of drug-likeness (QED) is 0.346. The molecule has 0 saturated carbocycles. The number of piperidine rings is 1. The van der Waals surface area contributed by atoms with Crippen LogP contribution in [-0.4, -0.2) is 87.5 Å². The molecule has 5 unspecified atom stereocenters. The number of hydrogen-bond donors (Lipinski definition) is 6. The molecule has 2 aromatic rings. The highest BCUT2D eigenvalue weighted by Crippen LogP contribution is 2.32. The molecule has 3 heterocycles. The van der Waals surface area contributed by atoms with Crippen molar-refractivity contribution in [2.24, 2.45) is 5.92 Å². The van der Waals surface area contributed by atoms with Crippen LogP contribution in [0.15, 0.2) is 60.7 Å². The Morgan fingerprint density at radius 1 is 0.711 bits per heavy atom. The standard InChI is InChI=1S/C31H49N7/c1-26-18-30(36-19-27-8-4-2-5-9-27)21-33-14-15-34-23-31(37-20-28-10-6-3-7-11-28)22-32-13-12-29(26)38(25-30)17-16-35-24-31/h2-11,26,29,32-37H,12-25H2,1H3. The molecule has 0 amide bonds. The highest BCUT2D eigenvalue weighted by Gasteiger charge is 2.43. The molecule has 38 heavy (non-hydrogen) atoms. The fraction of sp³-hybridized carbons (Fsp3) is 0.613. The van der Waals surface area contributed by atoms with Gasteiger partial charge in [0.1, 0.15) is 0 Å². The summed E-state index contributed by atoms with van der Waals surface area (Å²) in [4.78, 5) is 2.79. The molecular weight excluding hydrogens is 470 g/mol. The second kappa shape index (κ2) is 13.5. The number of hydrogen-bond acceptors (Lipinski definition) is 7. The van der Waals surface area contributed by atoms with E-state index in [9.17, 15) is 0 Å². The van der Waals surface area contributed by atoms with E-state index in [-0.39, 0.29) is 11.1 Å². The lowest BCUT2D eigenvalue weighted by Crippen LogP contribution is -2.67. The zero-order chi connectivity index (χ0) is 26.1. The van der Waals surface area contributed by atoms with Crippen molar-refractivity contribution in [3.63, 3.8) is 0 Å². The summed E-state index contributed by atoms with van der Waals surface area (Å²) in [5.41, 5.74) is 2.73. The Hall–Kier alpha value is -1.84. The molecule has 3 aliphatic rings. The number of nitrogens with zero attached hydrogens (tertiary/aromatic N) is 1. The predicted octanol–water partition coefficient (Wildman–Crippen LogP) is 1.53. The molecule has 5 rings (SSSR count). The van der Waals surface area contributed by atoms with Gasteiger partial charge in [0.2, 0.25) is 0 Å². The van der Waals surface area contributed by atoms with Gasteiger partial charge in [0.15, 0.2) is 0 Å². The SMILES string of the molecule is CC1CC2(NCc3ccccc3)CNCCNCC3(NCc4ccccc4)CNCCC1N(CCNC3)C2. The molecule has 5 atom stereocenters. The van der Waals surface area contributed by atoms with Crippen molar-refractivity contribution in [1.82, 2.24) is 36.8 Å². The summed E-state index contributed by atoms with van der Waals surface area (Å²) in [5, 5.41) is 23.4. The van der Waals surface area contributed by atoms with Crippen molar-refractivity contribution in [2.75, 3.05) is 65.4 Å². The third kappa shape index (κ3) is 7.42. The molecule has 2 aromatic carbocycles. The molecule has 208 valence electrons. The van der Waals surface area contributed by atoms with Crippen LogP contribution < -0.4 is 31.9 Å². The Labute approximate surface area is 229 Å². The van der Waals surface area contributed by atoms with Gasteiger partial charge in [-0.15, -0.1) is 0 Å². The van der Waals surface area contributed by atoms with Gasteiger partial charge in [-0.2, -0.15) is 0 Å². The highest BCUT2D eigenvalue weighted by molar-refractivity contribution is 5.16. The van der Waals surface area contributed by atoms with E-state index in [1.54, 1.807) is 0 Å². The van der Waals surface area contributed by atoms with Gasteiger partial charge in [0.25, 0.3) is 0 Å². The van der Waals surface area contributed by atoms with E-state index in [4.69, 9.17) is 0 Å². The minimum absolute atomic E-state index is 0.0442. The average molecular weight is 520 g/mol. The minimum atomic E-state index is -0.0442. The molecule has 3 bridgehead atoms. The summed E-state index contributed by atoms with van der Waals surface area (Å²) >= 11 is 0. The van der Waals surface area contributed by atoms with Crippen LogP contribution in [0.1, 0.15) is 30.9 Å². The third-order valence-electron chi connectivity index (χ3n) is 8.89. The second-order valence-corrected chi connectivity index (χ2v) is 12.0. The summed E-state index contributed by atoms with van der Waals surface area (Å²) in [5.74, 6) is 0.639. The van der Waals surface area contributed by atoms with E-state index in [0.29, 0.717) is 12.0 Å². The van der Waals surface area contributed by atoms with Gasteiger partial charge in [0, 0.05) is 83.6 Å². The van der Waals surface area contributed by atoms with Crippen LogP contribution in [0.4, 0.5) is 0 Å². The maximum atomic E-state index is 4.05. The van der Waals surface area contributed by atoms with Gasteiger partial charge in [-0.3, -0.25) is 4.90 Å². The van der Waals surface area contributed by atoms with Crippen LogP contribution in [0.5, 0.6) is 0 Å². The molecule has 6 N–H and O–H groups in total. The number of nitrogens with one attached hydrogen (secondary N) is 6. The Kier molecular flexibility index (Phi) is 9.84. The van der Waals surface area contributed by atoms with Gasteiger partial charge in [-0.25, -0.2) is 0 Å². The van der Waals surface area contributed by atoms with Crippen LogP contribution >= 0.6 is 0 Å².